The molecule has 0 radical (unpaired) electrons. The van der Waals surface area contributed by atoms with Crippen molar-refractivity contribution in [3.63, 3.8) is 0 Å². The zero-order chi connectivity index (χ0) is 8.27. The van der Waals surface area contributed by atoms with Crippen LogP contribution in [0.1, 0.15) is 6.42 Å². The van der Waals surface area contributed by atoms with E-state index in [9.17, 15) is 5.11 Å². The molecule has 1 fully saturated rings. The standard InChI is InChI=1S/C7H14O4/c8-3-5-1-2-11-6(4-9)7(5)10/h5-10H,1-4H2. The highest BCUT2D eigenvalue weighted by atomic mass is 16.5. The molecule has 0 aliphatic carbocycles. The maximum Gasteiger partial charge on any atom is 0.107 e. The number of rotatable bonds is 2. The van der Waals surface area contributed by atoms with Gasteiger partial charge in [-0.25, -0.2) is 0 Å². The molecular formula is C7H14O4. The molecule has 4 heteroatoms. The monoisotopic (exact) mass is 162 g/mol. The smallest absolute Gasteiger partial charge is 0.107 e. The average Bonchev–Trinajstić information content (AvgIpc) is 2.05. The third-order valence-corrected chi connectivity index (χ3v) is 2.10. The predicted molar refractivity (Wildman–Crippen MR) is 38.0 cm³/mol. The summed E-state index contributed by atoms with van der Waals surface area (Å²) in [5.41, 5.74) is 0. The van der Waals surface area contributed by atoms with Crippen LogP contribution in [0.2, 0.25) is 0 Å². The minimum absolute atomic E-state index is 0.0406. The fourth-order valence-corrected chi connectivity index (χ4v) is 1.30. The Kier molecular flexibility index (Phi) is 3.26. The van der Waals surface area contributed by atoms with E-state index >= 15 is 0 Å². The van der Waals surface area contributed by atoms with Crippen LogP contribution in [0, 0.1) is 5.92 Å². The second kappa shape index (κ2) is 4.01. The van der Waals surface area contributed by atoms with Crippen LogP contribution in [0.3, 0.4) is 0 Å². The van der Waals surface area contributed by atoms with Crippen LogP contribution in [0.4, 0.5) is 0 Å². The molecule has 1 heterocycles. The first-order valence-corrected chi connectivity index (χ1v) is 3.81. The van der Waals surface area contributed by atoms with E-state index in [4.69, 9.17) is 14.9 Å². The molecule has 3 unspecified atom stereocenters. The van der Waals surface area contributed by atoms with E-state index < -0.39 is 12.2 Å². The van der Waals surface area contributed by atoms with Gasteiger partial charge in [0.2, 0.25) is 0 Å². The van der Waals surface area contributed by atoms with Gasteiger partial charge < -0.3 is 20.1 Å². The van der Waals surface area contributed by atoms with Gasteiger partial charge in [0.05, 0.1) is 12.7 Å². The molecule has 0 bridgehead atoms. The lowest BCUT2D eigenvalue weighted by Gasteiger charge is -2.32. The number of aliphatic hydroxyl groups excluding tert-OH is 3. The molecule has 3 atom stereocenters. The van der Waals surface area contributed by atoms with Crippen molar-refractivity contribution in [3.8, 4) is 0 Å². The van der Waals surface area contributed by atoms with Crippen LogP contribution < -0.4 is 0 Å². The van der Waals surface area contributed by atoms with E-state index in [1.807, 2.05) is 0 Å². The van der Waals surface area contributed by atoms with Gasteiger partial charge in [-0.3, -0.25) is 0 Å². The molecule has 1 aliphatic rings. The van der Waals surface area contributed by atoms with E-state index in [2.05, 4.69) is 0 Å². The zero-order valence-corrected chi connectivity index (χ0v) is 6.31. The summed E-state index contributed by atoms with van der Waals surface area (Å²) in [5, 5.41) is 26.9. The summed E-state index contributed by atoms with van der Waals surface area (Å²) in [6.07, 6.45) is -0.576. The lowest BCUT2D eigenvalue weighted by molar-refractivity contribution is -0.130. The van der Waals surface area contributed by atoms with Crippen LogP contribution in [0.15, 0.2) is 0 Å². The first kappa shape index (κ1) is 8.93. The summed E-state index contributed by atoms with van der Waals surface area (Å²) in [6, 6.07) is 0. The van der Waals surface area contributed by atoms with Gasteiger partial charge in [0.15, 0.2) is 0 Å². The molecule has 4 nitrogen and oxygen atoms in total. The first-order valence-electron chi connectivity index (χ1n) is 3.81. The molecule has 3 N–H and O–H groups in total. The van der Waals surface area contributed by atoms with Crippen molar-refractivity contribution < 1.29 is 20.1 Å². The van der Waals surface area contributed by atoms with Gasteiger partial charge in [0.1, 0.15) is 6.10 Å². The van der Waals surface area contributed by atoms with E-state index in [0.717, 1.165) is 0 Å². The maximum atomic E-state index is 9.38. The third-order valence-electron chi connectivity index (χ3n) is 2.10. The Labute approximate surface area is 65.4 Å². The molecular weight excluding hydrogens is 148 g/mol. The second-order valence-electron chi connectivity index (χ2n) is 2.81. The Balaban J connectivity index is 2.45. The minimum atomic E-state index is -0.723. The van der Waals surface area contributed by atoms with Gasteiger partial charge in [0, 0.05) is 19.1 Å². The van der Waals surface area contributed by atoms with Crippen molar-refractivity contribution in [1.29, 1.82) is 0 Å². The summed E-state index contributed by atoms with van der Waals surface area (Å²) >= 11 is 0. The SMILES string of the molecule is OCC1CCOC(CO)C1O. The van der Waals surface area contributed by atoms with E-state index in [1.165, 1.54) is 0 Å². The fraction of sp³-hybridized carbons (Fsp3) is 1.00. The van der Waals surface area contributed by atoms with Gasteiger partial charge in [0.25, 0.3) is 0 Å². The second-order valence-corrected chi connectivity index (χ2v) is 2.81. The Morgan fingerprint density at radius 2 is 2.00 bits per heavy atom. The normalized spacial score (nSPS) is 39.0. The van der Waals surface area contributed by atoms with Gasteiger partial charge in [-0.05, 0) is 6.42 Å². The van der Waals surface area contributed by atoms with Gasteiger partial charge in [-0.15, -0.1) is 0 Å². The topological polar surface area (TPSA) is 69.9 Å². The van der Waals surface area contributed by atoms with Crippen LogP contribution in [-0.2, 0) is 4.74 Å². The van der Waals surface area contributed by atoms with Crippen molar-refractivity contribution in [3.05, 3.63) is 0 Å². The molecule has 0 aromatic rings. The molecule has 0 spiro atoms. The highest BCUT2D eigenvalue weighted by molar-refractivity contribution is 4.80. The summed E-state index contributed by atoms with van der Waals surface area (Å²) in [7, 11) is 0. The summed E-state index contributed by atoms with van der Waals surface area (Å²) in [4.78, 5) is 0. The number of ether oxygens (including phenoxy) is 1. The van der Waals surface area contributed by atoms with E-state index in [1.54, 1.807) is 0 Å². The quantitative estimate of drug-likeness (QED) is 0.474. The highest BCUT2D eigenvalue weighted by Crippen LogP contribution is 2.19. The Hall–Kier alpha value is -0.160. The molecule has 1 aliphatic heterocycles. The molecule has 0 saturated carbocycles. The molecule has 66 valence electrons. The zero-order valence-electron chi connectivity index (χ0n) is 6.31. The van der Waals surface area contributed by atoms with Crippen LogP contribution in [0.25, 0.3) is 0 Å². The molecule has 1 rings (SSSR count). The predicted octanol–water partition coefficient (Wildman–Crippen LogP) is -1.26. The van der Waals surface area contributed by atoms with Gasteiger partial charge in [-0.2, -0.15) is 0 Å². The Morgan fingerprint density at radius 1 is 1.27 bits per heavy atom. The van der Waals surface area contributed by atoms with Crippen LogP contribution >= 0.6 is 0 Å². The highest BCUT2D eigenvalue weighted by Gasteiger charge is 2.31. The lowest BCUT2D eigenvalue weighted by atomic mass is 9.93. The summed E-state index contributed by atoms with van der Waals surface area (Å²) < 4.78 is 5.06. The Morgan fingerprint density at radius 3 is 2.55 bits per heavy atom. The fourth-order valence-electron chi connectivity index (χ4n) is 1.30. The van der Waals surface area contributed by atoms with Crippen molar-refractivity contribution in [2.45, 2.75) is 18.6 Å². The van der Waals surface area contributed by atoms with Crippen molar-refractivity contribution >= 4 is 0 Å². The molecule has 0 aromatic heterocycles. The number of hydrogen-bond acceptors (Lipinski definition) is 4. The summed E-state index contributed by atoms with van der Waals surface area (Å²) in [5.74, 6) is -0.138. The average molecular weight is 162 g/mol. The molecule has 0 aromatic carbocycles. The third kappa shape index (κ3) is 1.90. The number of aliphatic hydroxyl groups is 3. The van der Waals surface area contributed by atoms with E-state index in [-0.39, 0.29) is 19.1 Å². The van der Waals surface area contributed by atoms with Gasteiger partial charge in [-0.1, -0.05) is 0 Å². The molecule has 11 heavy (non-hydrogen) atoms. The maximum absolute atomic E-state index is 9.38. The van der Waals surface area contributed by atoms with Gasteiger partial charge >= 0.3 is 0 Å². The van der Waals surface area contributed by atoms with Crippen LogP contribution in [-0.4, -0.2) is 47.3 Å². The Bertz CT molecular complexity index is 105. The molecule has 0 amide bonds. The van der Waals surface area contributed by atoms with Crippen molar-refractivity contribution in [2.24, 2.45) is 5.92 Å². The first-order chi connectivity index (χ1) is 5.29. The van der Waals surface area contributed by atoms with Crippen molar-refractivity contribution in [1.82, 2.24) is 0 Å². The molecule has 1 saturated heterocycles. The summed E-state index contributed by atoms with van der Waals surface area (Å²) in [6.45, 7) is 0.284. The number of hydrogen-bond donors (Lipinski definition) is 3. The van der Waals surface area contributed by atoms with E-state index in [0.29, 0.717) is 13.0 Å². The minimum Gasteiger partial charge on any atom is -0.396 e. The largest absolute Gasteiger partial charge is 0.396 e. The van der Waals surface area contributed by atoms with Crippen LogP contribution in [0.5, 0.6) is 0 Å². The lowest BCUT2D eigenvalue weighted by Crippen LogP contribution is -2.44. The van der Waals surface area contributed by atoms with Crippen molar-refractivity contribution in [2.75, 3.05) is 19.8 Å².